The molecular weight excluding hydrogens is 376 g/mol. The maximum absolute atomic E-state index is 12.5. The molecule has 3 aromatic heterocycles. The van der Waals surface area contributed by atoms with Crippen molar-refractivity contribution in [2.45, 2.75) is 25.3 Å². The molecule has 1 aliphatic rings. The van der Waals surface area contributed by atoms with E-state index in [1.807, 2.05) is 11.4 Å². The molecule has 2 N–H and O–H groups in total. The predicted octanol–water partition coefficient (Wildman–Crippen LogP) is 2.43. The lowest BCUT2D eigenvalue weighted by atomic mass is 10.0. The zero-order chi connectivity index (χ0) is 19.3. The molecule has 4 heterocycles. The fourth-order valence-electron chi connectivity index (χ4n) is 3.56. The van der Waals surface area contributed by atoms with Gasteiger partial charge in [0.25, 0.3) is 5.91 Å². The summed E-state index contributed by atoms with van der Waals surface area (Å²) in [5, 5.41) is 16.6. The smallest absolute Gasteiger partial charge is 0.252 e. The molecule has 1 unspecified atom stereocenters. The maximum atomic E-state index is 12.5. The van der Waals surface area contributed by atoms with Crippen molar-refractivity contribution >= 4 is 28.4 Å². The molecule has 1 atom stereocenters. The standard InChI is InChI=1S/C20H24N4O3S/c25-11-15(7-14-3-6-28-12-14)9-22-20(26)16-8-18-19(21-10-16)24(13-23-18)17-1-4-27-5-2-17/h3,6,8,10,12-13,15,17,25H,1-2,4-5,7,9,11H2,(H,22,26). The van der Waals surface area contributed by atoms with E-state index in [0.29, 0.717) is 18.2 Å². The van der Waals surface area contributed by atoms with Gasteiger partial charge in [0.2, 0.25) is 0 Å². The minimum absolute atomic E-state index is 0.0111. The third kappa shape index (κ3) is 4.24. The number of carbonyl (C=O) groups is 1. The SMILES string of the molecule is O=C(NCC(CO)Cc1ccsc1)c1cnc2c(c1)ncn2C1CCOCC1. The number of carbonyl (C=O) groups excluding carboxylic acids is 1. The first-order valence-electron chi connectivity index (χ1n) is 9.55. The molecule has 0 aromatic carbocycles. The van der Waals surface area contributed by atoms with Crippen LogP contribution in [0.5, 0.6) is 0 Å². The summed E-state index contributed by atoms with van der Waals surface area (Å²) in [5.74, 6) is -0.207. The number of amides is 1. The van der Waals surface area contributed by atoms with Gasteiger partial charge in [0.15, 0.2) is 5.65 Å². The first-order valence-corrected chi connectivity index (χ1v) is 10.5. The highest BCUT2D eigenvalue weighted by Crippen LogP contribution is 2.24. The van der Waals surface area contributed by atoms with Crippen molar-refractivity contribution in [1.29, 1.82) is 0 Å². The van der Waals surface area contributed by atoms with Gasteiger partial charge in [-0.15, -0.1) is 0 Å². The van der Waals surface area contributed by atoms with Crippen LogP contribution in [0, 0.1) is 5.92 Å². The molecule has 0 aliphatic carbocycles. The Bertz CT molecular complexity index is 919. The van der Waals surface area contributed by atoms with Gasteiger partial charge in [-0.3, -0.25) is 4.79 Å². The van der Waals surface area contributed by atoms with Gasteiger partial charge < -0.3 is 19.7 Å². The number of hydrogen-bond donors (Lipinski definition) is 2. The Morgan fingerprint density at radius 2 is 2.25 bits per heavy atom. The number of aliphatic hydroxyl groups excluding tert-OH is 1. The Labute approximate surface area is 167 Å². The fraction of sp³-hybridized carbons (Fsp3) is 0.450. The van der Waals surface area contributed by atoms with Crippen molar-refractivity contribution in [2.75, 3.05) is 26.4 Å². The molecular formula is C20H24N4O3S. The van der Waals surface area contributed by atoms with Crippen molar-refractivity contribution in [1.82, 2.24) is 19.9 Å². The van der Waals surface area contributed by atoms with Crippen LogP contribution in [0.1, 0.15) is 34.8 Å². The number of thiophene rings is 1. The first-order chi connectivity index (χ1) is 13.7. The van der Waals surface area contributed by atoms with Crippen molar-refractivity contribution < 1.29 is 14.6 Å². The largest absolute Gasteiger partial charge is 0.396 e. The number of ether oxygens (including phenoxy) is 1. The highest BCUT2D eigenvalue weighted by molar-refractivity contribution is 7.07. The van der Waals surface area contributed by atoms with Gasteiger partial charge in [0.05, 0.1) is 11.9 Å². The van der Waals surface area contributed by atoms with Crippen LogP contribution in [0.3, 0.4) is 0 Å². The Morgan fingerprint density at radius 3 is 3.00 bits per heavy atom. The molecule has 3 aromatic rings. The number of pyridine rings is 1. The molecule has 1 fully saturated rings. The van der Waals surface area contributed by atoms with Crippen molar-refractivity contribution in [2.24, 2.45) is 5.92 Å². The Morgan fingerprint density at radius 1 is 1.39 bits per heavy atom. The number of imidazole rings is 1. The van der Waals surface area contributed by atoms with E-state index in [-0.39, 0.29) is 18.4 Å². The van der Waals surface area contributed by atoms with Crippen LogP contribution in [0.2, 0.25) is 0 Å². The Hall–Kier alpha value is -2.29. The summed E-state index contributed by atoms with van der Waals surface area (Å²) in [6.07, 6.45) is 6.04. The highest BCUT2D eigenvalue weighted by Gasteiger charge is 2.19. The summed E-state index contributed by atoms with van der Waals surface area (Å²) < 4.78 is 7.51. The van der Waals surface area contributed by atoms with Crippen LogP contribution < -0.4 is 5.32 Å². The first kappa shape index (κ1) is 19.0. The zero-order valence-electron chi connectivity index (χ0n) is 15.6. The molecule has 0 saturated carbocycles. The van der Waals surface area contributed by atoms with Crippen LogP contribution in [0.15, 0.2) is 35.4 Å². The fourth-order valence-corrected chi connectivity index (χ4v) is 4.24. The molecule has 0 spiro atoms. The van der Waals surface area contributed by atoms with E-state index in [4.69, 9.17) is 4.74 Å². The summed E-state index contributed by atoms with van der Waals surface area (Å²) >= 11 is 1.63. The number of fused-ring (bicyclic) bond motifs is 1. The average Bonchev–Trinajstić information content (AvgIpc) is 3.40. The van der Waals surface area contributed by atoms with Crippen molar-refractivity contribution in [3.63, 3.8) is 0 Å². The van der Waals surface area contributed by atoms with E-state index in [2.05, 4.69) is 25.2 Å². The van der Waals surface area contributed by atoms with Gasteiger partial charge in [0, 0.05) is 44.5 Å². The van der Waals surface area contributed by atoms with E-state index in [9.17, 15) is 9.90 Å². The maximum Gasteiger partial charge on any atom is 0.252 e. The van der Waals surface area contributed by atoms with Gasteiger partial charge in [-0.05, 0) is 47.7 Å². The lowest BCUT2D eigenvalue weighted by Crippen LogP contribution is -2.31. The molecule has 1 amide bonds. The average molecular weight is 401 g/mol. The van der Waals surface area contributed by atoms with Crippen LogP contribution in [0.25, 0.3) is 11.2 Å². The minimum atomic E-state index is -0.196. The number of hydrogen-bond acceptors (Lipinski definition) is 6. The van der Waals surface area contributed by atoms with E-state index in [0.717, 1.165) is 43.6 Å². The van der Waals surface area contributed by atoms with Gasteiger partial charge in [-0.1, -0.05) is 0 Å². The predicted molar refractivity (Wildman–Crippen MR) is 108 cm³/mol. The number of rotatable bonds is 7. The monoisotopic (exact) mass is 400 g/mol. The van der Waals surface area contributed by atoms with Crippen LogP contribution in [-0.2, 0) is 11.2 Å². The zero-order valence-corrected chi connectivity index (χ0v) is 16.4. The lowest BCUT2D eigenvalue weighted by Gasteiger charge is -2.23. The van der Waals surface area contributed by atoms with E-state index < -0.39 is 0 Å². The van der Waals surface area contributed by atoms with Crippen molar-refractivity contribution in [3.05, 3.63) is 46.5 Å². The summed E-state index contributed by atoms with van der Waals surface area (Å²) in [6, 6.07) is 4.16. The van der Waals surface area contributed by atoms with Gasteiger partial charge >= 0.3 is 0 Å². The second-order valence-electron chi connectivity index (χ2n) is 7.16. The van der Waals surface area contributed by atoms with Crippen molar-refractivity contribution in [3.8, 4) is 0 Å². The van der Waals surface area contributed by atoms with Gasteiger partial charge in [-0.25, -0.2) is 9.97 Å². The topological polar surface area (TPSA) is 89.3 Å². The second kappa shape index (κ2) is 8.81. The summed E-state index contributed by atoms with van der Waals surface area (Å²) in [4.78, 5) is 21.5. The third-order valence-electron chi connectivity index (χ3n) is 5.17. The third-order valence-corrected chi connectivity index (χ3v) is 5.91. The molecule has 0 bridgehead atoms. The molecule has 4 rings (SSSR count). The highest BCUT2D eigenvalue weighted by atomic mass is 32.1. The van der Waals surface area contributed by atoms with Crippen LogP contribution >= 0.6 is 11.3 Å². The number of nitrogens with one attached hydrogen (secondary N) is 1. The lowest BCUT2D eigenvalue weighted by molar-refractivity contribution is 0.0704. The minimum Gasteiger partial charge on any atom is -0.396 e. The summed E-state index contributed by atoms with van der Waals surface area (Å²) in [6.45, 7) is 1.95. The normalized spacial score (nSPS) is 16.3. The molecule has 8 heteroatoms. The number of aliphatic hydroxyl groups is 1. The molecule has 0 radical (unpaired) electrons. The molecule has 148 valence electrons. The van der Waals surface area contributed by atoms with Gasteiger partial charge in [-0.2, -0.15) is 11.3 Å². The summed E-state index contributed by atoms with van der Waals surface area (Å²) in [5.41, 5.74) is 3.18. The molecule has 7 nitrogen and oxygen atoms in total. The van der Waals surface area contributed by atoms with E-state index in [1.54, 1.807) is 29.9 Å². The van der Waals surface area contributed by atoms with Crippen LogP contribution in [-0.4, -0.2) is 51.9 Å². The molecule has 1 aliphatic heterocycles. The number of aromatic nitrogens is 3. The van der Waals surface area contributed by atoms with Gasteiger partial charge in [0.1, 0.15) is 5.52 Å². The Balaban J connectivity index is 1.41. The quantitative estimate of drug-likeness (QED) is 0.636. The van der Waals surface area contributed by atoms with Crippen LogP contribution in [0.4, 0.5) is 0 Å². The molecule has 1 saturated heterocycles. The van der Waals surface area contributed by atoms with E-state index >= 15 is 0 Å². The summed E-state index contributed by atoms with van der Waals surface area (Å²) in [7, 11) is 0. The molecule has 28 heavy (non-hydrogen) atoms. The number of nitrogens with zero attached hydrogens (tertiary/aromatic N) is 3. The van der Waals surface area contributed by atoms with E-state index in [1.165, 1.54) is 5.56 Å². The Kier molecular flexibility index (Phi) is 5.99. The second-order valence-corrected chi connectivity index (χ2v) is 7.94.